The highest BCUT2D eigenvalue weighted by Crippen LogP contribution is 2.26. The summed E-state index contributed by atoms with van der Waals surface area (Å²) in [6.07, 6.45) is 0.0793. The van der Waals surface area contributed by atoms with Gasteiger partial charge in [-0.05, 0) is 62.6 Å². The molecule has 0 saturated heterocycles. The van der Waals surface area contributed by atoms with Crippen molar-refractivity contribution in [3.63, 3.8) is 0 Å². The summed E-state index contributed by atoms with van der Waals surface area (Å²) in [7, 11) is -4.08. The Morgan fingerprint density at radius 1 is 1.06 bits per heavy atom. The predicted molar refractivity (Wildman–Crippen MR) is 133 cm³/mol. The Kier molecular flexibility index (Phi) is 8.21. The molecule has 10 heteroatoms. The topological polar surface area (TPSA) is 128 Å². The van der Waals surface area contributed by atoms with Gasteiger partial charge in [0, 0.05) is 6.07 Å². The Bertz CT molecular complexity index is 1330. The van der Waals surface area contributed by atoms with Crippen LogP contribution in [0, 0.1) is 24.0 Å². The number of ether oxygens (including phenoxy) is 1. The highest BCUT2D eigenvalue weighted by atomic mass is 32.2. The number of amides is 1. The van der Waals surface area contributed by atoms with Gasteiger partial charge in [-0.3, -0.25) is 14.9 Å². The Hall–Kier alpha value is -3.76. The molecule has 1 unspecified atom stereocenters. The molecule has 3 aromatic rings. The summed E-state index contributed by atoms with van der Waals surface area (Å²) in [5.41, 5.74) is 1.75. The van der Waals surface area contributed by atoms with Crippen molar-refractivity contribution in [1.29, 1.82) is 0 Å². The van der Waals surface area contributed by atoms with Gasteiger partial charge in [0.1, 0.15) is 11.8 Å². The zero-order valence-electron chi connectivity index (χ0n) is 19.6. The van der Waals surface area contributed by atoms with Crippen LogP contribution >= 0.6 is 0 Å². The molecule has 184 valence electrons. The second-order valence-electron chi connectivity index (χ2n) is 7.92. The summed E-state index contributed by atoms with van der Waals surface area (Å²) in [5.74, 6) is -0.0603. The SMILES string of the molecule is CCOc1ccc(S(=O)(=O)NC(Cc2ccccc2)C(=O)Nc2cccc([N+](=O)[O-])c2C)cc1C. The maximum Gasteiger partial charge on any atom is 0.274 e. The second kappa shape index (κ2) is 11.1. The number of carbonyl (C=O) groups is 1. The van der Waals surface area contributed by atoms with E-state index in [1.165, 1.54) is 37.3 Å². The number of nitro groups is 1. The monoisotopic (exact) mass is 497 g/mol. The van der Waals surface area contributed by atoms with Crippen LogP contribution in [0.25, 0.3) is 0 Å². The first-order chi connectivity index (χ1) is 16.6. The van der Waals surface area contributed by atoms with E-state index in [1.807, 2.05) is 13.0 Å². The molecular weight excluding hydrogens is 470 g/mol. The van der Waals surface area contributed by atoms with E-state index in [2.05, 4.69) is 10.0 Å². The van der Waals surface area contributed by atoms with Crippen LogP contribution in [0.3, 0.4) is 0 Å². The van der Waals surface area contributed by atoms with E-state index < -0.39 is 26.9 Å². The molecule has 0 bridgehead atoms. The highest BCUT2D eigenvalue weighted by Gasteiger charge is 2.27. The molecule has 0 fully saturated rings. The Morgan fingerprint density at radius 3 is 2.40 bits per heavy atom. The Balaban J connectivity index is 1.91. The van der Waals surface area contributed by atoms with Gasteiger partial charge in [0.15, 0.2) is 0 Å². The number of sulfonamides is 1. The number of anilines is 1. The van der Waals surface area contributed by atoms with Crippen LogP contribution in [0.4, 0.5) is 11.4 Å². The number of nitrogens with zero attached hydrogens (tertiary/aromatic N) is 1. The van der Waals surface area contributed by atoms with Crippen LogP contribution in [-0.4, -0.2) is 31.9 Å². The smallest absolute Gasteiger partial charge is 0.274 e. The minimum Gasteiger partial charge on any atom is -0.494 e. The summed E-state index contributed by atoms with van der Waals surface area (Å²) in [5, 5.41) is 13.9. The lowest BCUT2D eigenvalue weighted by Gasteiger charge is -2.20. The Labute approximate surface area is 204 Å². The molecule has 1 amide bonds. The van der Waals surface area contributed by atoms with Gasteiger partial charge >= 0.3 is 0 Å². The van der Waals surface area contributed by atoms with Gasteiger partial charge in [0.2, 0.25) is 15.9 Å². The quantitative estimate of drug-likeness (QED) is 0.320. The fourth-order valence-corrected chi connectivity index (χ4v) is 4.86. The van der Waals surface area contributed by atoms with Gasteiger partial charge in [0.05, 0.1) is 27.7 Å². The largest absolute Gasteiger partial charge is 0.494 e. The van der Waals surface area contributed by atoms with E-state index >= 15 is 0 Å². The van der Waals surface area contributed by atoms with Crippen molar-refractivity contribution in [3.05, 3.63) is 93.5 Å². The standard InChI is InChI=1S/C25H27N3O6S/c1-4-34-24-14-13-20(15-17(24)2)35(32,33)27-22(16-19-9-6-5-7-10-19)25(29)26-21-11-8-12-23(18(21)3)28(30)31/h5-15,22,27H,4,16H2,1-3H3,(H,26,29). The van der Waals surface area contributed by atoms with Crippen LogP contribution in [-0.2, 0) is 21.2 Å². The van der Waals surface area contributed by atoms with Crippen molar-refractivity contribution in [2.45, 2.75) is 38.1 Å². The van der Waals surface area contributed by atoms with Crippen molar-refractivity contribution in [2.24, 2.45) is 0 Å². The number of nitro benzene ring substituents is 1. The summed E-state index contributed by atoms with van der Waals surface area (Å²) < 4.78 is 34.4. The third-order valence-corrected chi connectivity index (χ3v) is 6.88. The van der Waals surface area contributed by atoms with Crippen molar-refractivity contribution < 1.29 is 22.9 Å². The molecule has 0 aliphatic heterocycles. The zero-order chi connectivity index (χ0) is 25.6. The molecule has 0 aliphatic rings. The number of hydrogen-bond donors (Lipinski definition) is 2. The molecule has 0 aromatic heterocycles. The minimum absolute atomic E-state index is 0.00385. The number of nitrogens with one attached hydrogen (secondary N) is 2. The first-order valence-electron chi connectivity index (χ1n) is 11.0. The average molecular weight is 498 g/mol. The molecule has 3 aromatic carbocycles. The molecule has 0 saturated carbocycles. The number of carbonyl (C=O) groups excluding carboxylic acids is 1. The van der Waals surface area contributed by atoms with Crippen LogP contribution in [0.5, 0.6) is 5.75 Å². The van der Waals surface area contributed by atoms with Crippen LogP contribution in [0.1, 0.15) is 23.6 Å². The molecule has 9 nitrogen and oxygen atoms in total. The van der Waals surface area contributed by atoms with Crippen LogP contribution in [0.2, 0.25) is 0 Å². The van der Waals surface area contributed by atoms with Gasteiger partial charge in [-0.15, -0.1) is 0 Å². The average Bonchev–Trinajstić information content (AvgIpc) is 2.81. The molecule has 0 radical (unpaired) electrons. The maximum atomic E-state index is 13.2. The second-order valence-corrected chi connectivity index (χ2v) is 9.63. The Morgan fingerprint density at radius 2 is 1.77 bits per heavy atom. The molecule has 1 atom stereocenters. The summed E-state index contributed by atoms with van der Waals surface area (Å²) in [6, 6.07) is 16.6. The van der Waals surface area contributed by atoms with Crippen molar-refractivity contribution in [2.75, 3.05) is 11.9 Å². The summed E-state index contributed by atoms with van der Waals surface area (Å²) in [4.78, 5) is 24.0. The van der Waals surface area contributed by atoms with Crippen molar-refractivity contribution >= 4 is 27.3 Å². The lowest BCUT2D eigenvalue weighted by atomic mass is 10.1. The van der Waals surface area contributed by atoms with Crippen molar-refractivity contribution in [3.8, 4) is 5.75 Å². The number of aryl methyl sites for hydroxylation is 1. The summed E-state index contributed by atoms with van der Waals surface area (Å²) >= 11 is 0. The van der Waals surface area contributed by atoms with Gasteiger partial charge in [-0.2, -0.15) is 4.72 Å². The van der Waals surface area contributed by atoms with Crippen LogP contribution < -0.4 is 14.8 Å². The molecule has 0 heterocycles. The molecule has 2 N–H and O–H groups in total. The molecule has 3 rings (SSSR count). The fourth-order valence-electron chi connectivity index (χ4n) is 3.58. The van der Waals surface area contributed by atoms with E-state index in [1.54, 1.807) is 37.3 Å². The minimum atomic E-state index is -4.08. The van der Waals surface area contributed by atoms with Gasteiger partial charge in [0.25, 0.3) is 5.69 Å². The van der Waals surface area contributed by atoms with E-state index in [0.29, 0.717) is 17.9 Å². The zero-order valence-corrected chi connectivity index (χ0v) is 20.5. The van der Waals surface area contributed by atoms with Gasteiger partial charge in [-0.1, -0.05) is 36.4 Å². The first-order valence-corrected chi connectivity index (χ1v) is 12.4. The summed E-state index contributed by atoms with van der Waals surface area (Å²) in [6.45, 7) is 5.54. The number of benzene rings is 3. The normalized spacial score (nSPS) is 12.1. The molecule has 35 heavy (non-hydrogen) atoms. The molecule has 0 spiro atoms. The third-order valence-electron chi connectivity index (χ3n) is 5.41. The lowest BCUT2D eigenvalue weighted by molar-refractivity contribution is -0.385. The van der Waals surface area contributed by atoms with Crippen LogP contribution in [0.15, 0.2) is 71.6 Å². The van der Waals surface area contributed by atoms with E-state index in [9.17, 15) is 23.3 Å². The molecule has 0 aliphatic carbocycles. The van der Waals surface area contributed by atoms with E-state index in [0.717, 1.165) is 5.56 Å². The number of hydrogen-bond acceptors (Lipinski definition) is 6. The predicted octanol–water partition coefficient (Wildman–Crippen LogP) is 4.14. The number of rotatable bonds is 10. The maximum absolute atomic E-state index is 13.2. The van der Waals surface area contributed by atoms with Gasteiger partial charge in [-0.25, -0.2) is 8.42 Å². The van der Waals surface area contributed by atoms with E-state index in [4.69, 9.17) is 4.74 Å². The van der Waals surface area contributed by atoms with Crippen molar-refractivity contribution in [1.82, 2.24) is 4.72 Å². The fraction of sp³-hybridized carbons (Fsp3) is 0.240. The lowest BCUT2D eigenvalue weighted by Crippen LogP contribution is -2.45. The third kappa shape index (κ3) is 6.43. The highest BCUT2D eigenvalue weighted by molar-refractivity contribution is 7.89. The van der Waals surface area contributed by atoms with E-state index in [-0.39, 0.29) is 28.3 Å². The molecular formula is C25H27N3O6S. The first kappa shape index (κ1) is 25.9. The van der Waals surface area contributed by atoms with Gasteiger partial charge < -0.3 is 10.1 Å².